The van der Waals surface area contributed by atoms with Crippen LogP contribution in [0.1, 0.15) is 0 Å². The maximum Gasteiger partial charge on any atom is 0.143 e. The van der Waals surface area contributed by atoms with Crippen LogP contribution in [-0.4, -0.2) is 20.4 Å². The van der Waals surface area contributed by atoms with Gasteiger partial charge in [0.05, 0.1) is 0 Å². The Bertz CT molecular complexity index is 1840. The molecule has 0 heterocycles. The predicted molar refractivity (Wildman–Crippen MR) is 166 cm³/mol. The molecule has 0 unspecified atom stereocenters. The first-order valence-corrected chi connectivity index (χ1v) is 13.3. The van der Waals surface area contributed by atoms with E-state index in [-0.39, 0.29) is 51.4 Å². The van der Waals surface area contributed by atoms with Crippen LogP contribution >= 0.6 is 23.2 Å². The number of benzene rings is 6. The molecule has 0 saturated carbocycles. The van der Waals surface area contributed by atoms with E-state index in [4.69, 9.17) is 23.2 Å². The van der Waals surface area contributed by atoms with Crippen LogP contribution in [0.4, 0.5) is 22.7 Å². The van der Waals surface area contributed by atoms with Gasteiger partial charge in [0.2, 0.25) is 0 Å². The van der Waals surface area contributed by atoms with Crippen molar-refractivity contribution in [3.8, 4) is 23.0 Å². The van der Waals surface area contributed by atoms with Gasteiger partial charge < -0.3 is 20.4 Å². The number of azo groups is 2. The third-order valence-electron chi connectivity index (χ3n) is 6.15. The number of fused-ring (bicyclic) bond motifs is 2. The van der Waals surface area contributed by atoms with Crippen LogP contribution in [0.3, 0.4) is 0 Å². The van der Waals surface area contributed by atoms with E-state index in [1.54, 1.807) is 36.4 Å². The van der Waals surface area contributed by atoms with E-state index in [2.05, 4.69) is 20.5 Å². The van der Waals surface area contributed by atoms with Crippen LogP contribution in [0.2, 0.25) is 10.0 Å². The van der Waals surface area contributed by atoms with Crippen molar-refractivity contribution in [1.82, 2.24) is 0 Å². The molecule has 0 fully saturated rings. The Morgan fingerprint density at radius 3 is 1.21 bits per heavy atom. The maximum absolute atomic E-state index is 9.97. The molecule has 0 amide bonds. The second kappa shape index (κ2) is 14.0. The second-order valence-corrected chi connectivity index (χ2v) is 9.85. The summed E-state index contributed by atoms with van der Waals surface area (Å²) in [6.45, 7) is 0. The van der Waals surface area contributed by atoms with E-state index in [9.17, 15) is 20.4 Å². The van der Waals surface area contributed by atoms with Crippen molar-refractivity contribution in [2.75, 3.05) is 0 Å². The van der Waals surface area contributed by atoms with Gasteiger partial charge in [0.1, 0.15) is 45.7 Å². The smallest absolute Gasteiger partial charge is 0.143 e. The van der Waals surface area contributed by atoms with Crippen molar-refractivity contribution in [2.45, 2.75) is 0 Å². The number of phenolic OH excluding ortho intramolecular Hbond substituents is 4. The fourth-order valence-electron chi connectivity index (χ4n) is 4.06. The van der Waals surface area contributed by atoms with Crippen molar-refractivity contribution in [2.24, 2.45) is 20.5 Å². The van der Waals surface area contributed by atoms with Gasteiger partial charge in [-0.1, -0.05) is 83.9 Å². The van der Waals surface area contributed by atoms with Crippen LogP contribution < -0.4 is 0 Å². The molecule has 0 bridgehead atoms. The molecule has 6 rings (SSSR count). The van der Waals surface area contributed by atoms with E-state index < -0.39 is 0 Å². The van der Waals surface area contributed by atoms with Gasteiger partial charge in [-0.25, -0.2) is 0 Å². The average molecular weight is 652 g/mol. The zero-order valence-corrected chi connectivity index (χ0v) is 24.8. The third kappa shape index (κ3) is 7.41. The summed E-state index contributed by atoms with van der Waals surface area (Å²) < 4.78 is 0. The molecule has 0 aromatic heterocycles. The standard InChI is InChI=1S/2C16H11ClN2O2.Mn/c2*17-11-6-8-14(20)13(9-11)18-19-16-12-4-2-1-3-10(12)5-7-15(16)21;/h2*1-9,20-21H;. The first kappa shape index (κ1) is 31.3. The average Bonchev–Trinajstić information content (AvgIpc) is 2.99. The van der Waals surface area contributed by atoms with Gasteiger partial charge in [-0.2, -0.15) is 0 Å². The van der Waals surface area contributed by atoms with Crippen LogP contribution in [0, 0.1) is 0 Å². The number of phenols is 4. The third-order valence-corrected chi connectivity index (χ3v) is 6.62. The Labute approximate surface area is 266 Å². The first-order valence-electron chi connectivity index (χ1n) is 12.5. The largest absolute Gasteiger partial charge is 0.506 e. The molecule has 0 aliphatic heterocycles. The van der Waals surface area contributed by atoms with E-state index in [0.717, 1.165) is 21.5 Å². The summed E-state index contributed by atoms with van der Waals surface area (Å²) in [5.74, 6) is 0.00342. The fraction of sp³-hybridized carbons (Fsp3) is 0. The van der Waals surface area contributed by atoms with Gasteiger partial charge in [-0.15, -0.1) is 20.5 Å². The van der Waals surface area contributed by atoms with Crippen LogP contribution in [0.15, 0.2) is 130 Å². The van der Waals surface area contributed by atoms with Crippen LogP contribution in [0.25, 0.3) is 21.5 Å². The Kier molecular flexibility index (Phi) is 10.2. The molecule has 0 aliphatic rings. The first-order chi connectivity index (χ1) is 20.3. The predicted octanol–water partition coefficient (Wildman–Crippen LogP) is 10.6. The number of hydrogen-bond donors (Lipinski definition) is 4. The van der Waals surface area contributed by atoms with Gasteiger partial charge in [0.25, 0.3) is 0 Å². The van der Waals surface area contributed by atoms with E-state index >= 15 is 0 Å². The zero-order chi connectivity index (χ0) is 29.6. The zero-order valence-electron chi connectivity index (χ0n) is 22.1. The number of nitrogens with zero attached hydrogens (tertiary/aromatic N) is 4. The van der Waals surface area contributed by atoms with Crippen molar-refractivity contribution in [3.05, 3.63) is 119 Å². The molecule has 215 valence electrons. The summed E-state index contributed by atoms with van der Waals surface area (Å²) in [6, 6.07) is 30.8. The van der Waals surface area contributed by atoms with E-state index in [0.29, 0.717) is 21.4 Å². The summed E-state index contributed by atoms with van der Waals surface area (Å²) in [7, 11) is 0. The Morgan fingerprint density at radius 2 is 0.791 bits per heavy atom. The summed E-state index contributed by atoms with van der Waals surface area (Å²) in [5, 5.41) is 59.8. The SMILES string of the molecule is Oc1ccc(Cl)cc1N=Nc1c(O)ccc2ccccc12.Oc1ccc(Cl)cc1N=Nc1c(O)ccc2ccccc12.[Mn]. The summed E-state index contributed by atoms with van der Waals surface area (Å²) in [6.07, 6.45) is 0. The quantitative estimate of drug-likeness (QED) is 0.111. The minimum absolute atomic E-state index is 0. The molecule has 43 heavy (non-hydrogen) atoms. The Morgan fingerprint density at radius 1 is 0.419 bits per heavy atom. The van der Waals surface area contributed by atoms with Crippen molar-refractivity contribution >= 4 is 67.5 Å². The molecule has 4 N–H and O–H groups in total. The number of aromatic hydroxyl groups is 4. The molecule has 0 aliphatic carbocycles. The van der Waals surface area contributed by atoms with Crippen molar-refractivity contribution in [1.29, 1.82) is 0 Å². The molecule has 0 saturated heterocycles. The summed E-state index contributed by atoms with van der Waals surface area (Å²) >= 11 is 11.7. The van der Waals surface area contributed by atoms with Gasteiger partial charge in [0.15, 0.2) is 0 Å². The van der Waals surface area contributed by atoms with Crippen LogP contribution in [0.5, 0.6) is 23.0 Å². The molecule has 0 spiro atoms. The molecular weight excluding hydrogens is 630 g/mol. The molecular formula is C32H22Cl2MnN4O4. The minimum atomic E-state index is -0.0251. The van der Waals surface area contributed by atoms with Crippen molar-refractivity contribution < 1.29 is 37.5 Å². The molecule has 11 heteroatoms. The molecule has 6 aromatic rings. The minimum Gasteiger partial charge on any atom is -0.506 e. The molecule has 1 radical (unpaired) electrons. The van der Waals surface area contributed by atoms with Gasteiger partial charge in [0, 0.05) is 37.9 Å². The maximum atomic E-state index is 9.97. The Hall–Kier alpha value is -4.66. The fourth-order valence-corrected chi connectivity index (χ4v) is 4.39. The van der Waals surface area contributed by atoms with Gasteiger partial charge in [-0.05, 0) is 59.3 Å². The topological polar surface area (TPSA) is 130 Å². The number of hydrogen-bond acceptors (Lipinski definition) is 8. The van der Waals surface area contributed by atoms with E-state index in [1.165, 1.54) is 24.3 Å². The van der Waals surface area contributed by atoms with Crippen LogP contribution in [-0.2, 0) is 17.1 Å². The Balaban J connectivity index is 0.000000192. The molecule has 6 aromatic carbocycles. The number of halogens is 2. The van der Waals surface area contributed by atoms with Gasteiger partial charge >= 0.3 is 0 Å². The molecule has 8 nitrogen and oxygen atoms in total. The van der Waals surface area contributed by atoms with E-state index in [1.807, 2.05) is 48.5 Å². The van der Waals surface area contributed by atoms with Gasteiger partial charge in [-0.3, -0.25) is 0 Å². The second-order valence-electron chi connectivity index (χ2n) is 8.97. The number of rotatable bonds is 4. The normalized spacial score (nSPS) is 11.0. The summed E-state index contributed by atoms with van der Waals surface area (Å²) in [4.78, 5) is 0. The molecule has 0 atom stereocenters. The summed E-state index contributed by atoms with van der Waals surface area (Å²) in [5.41, 5.74) is 1.20. The van der Waals surface area contributed by atoms with Crippen molar-refractivity contribution in [3.63, 3.8) is 0 Å². The monoisotopic (exact) mass is 651 g/mol.